The molecule has 2 fully saturated rings. The van der Waals surface area contributed by atoms with E-state index in [2.05, 4.69) is 37.9 Å². The number of aromatic nitrogens is 4. The molecule has 1 atom stereocenters. The van der Waals surface area contributed by atoms with Crippen molar-refractivity contribution in [2.75, 3.05) is 31.1 Å². The van der Waals surface area contributed by atoms with Crippen molar-refractivity contribution in [3.8, 4) is 0 Å². The third kappa shape index (κ3) is 3.45. The number of thiophene rings is 1. The van der Waals surface area contributed by atoms with Gasteiger partial charge >= 0.3 is 6.18 Å². The molecule has 0 radical (unpaired) electrons. The third-order valence-electron chi connectivity index (χ3n) is 6.38. The van der Waals surface area contributed by atoms with Crippen molar-refractivity contribution in [1.29, 1.82) is 0 Å². The fourth-order valence-corrected chi connectivity index (χ4v) is 5.89. The van der Waals surface area contributed by atoms with Gasteiger partial charge in [0.25, 0.3) is 0 Å². The van der Waals surface area contributed by atoms with Gasteiger partial charge in [0, 0.05) is 55.8 Å². The predicted octanol–water partition coefficient (Wildman–Crippen LogP) is 3.80. The predicted molar refractivity (Wildman–Crippen MR) is 110 cm³/mol. The molecule has 5 rings (SSSR count). The number of alkyl halides is 3. The summed E-state index contributed by atoms with van der Waals surface area (Å²) in [6, 6.07) is 3.99. The fourth-order valence-electron chi connectivity index (χ4n) is 4.87. The monoisotopic (exact) mass is 436 g/mol. The van der Waals surface area contributed by atoms with Crippen LogP contribution in [0, 0.1) is 5.41 Å². The second kappa shape index (κ2) is 6.91. The minimum Gasteiger partial charge on any atom is -0.355 e. The maximum atomic E-state index is 12.8. The zero-order valence-corrected chi connectivity index (χ0v) is 17.7. The zero-order chi connectivity index (χ0) is 21.1. The van der Waals surface area contributed by atoms with E-state index in [0.717, 1.165) is 55.1 Å². The molecule has 6 nitrogen and oxygen atoms in total. The van der Waals surface area contributed by atoms with Crippen LogP contribution in [0.2, 0.25) is 0 Å². The Balaban J connectivity index is 1.31. The molecule has 0 aromatic carbocycles. The molecule has 0 unspecified atom stereocenters. The van der Waals surface area contributed by atoms with Gasteiger partial charge in [0.05, 0.1) is 17.5 Å². The number of aryl methyl sites for hydroxylation is 1. The minimum atomic E-state index is -4.22. The summed E-state index contributed by atoms with van der Waals surface area (Å²) in [5, 5.41) is 5.00. The maximum absolute atomic E-state index is 12.8. The molecule has 160 valence electrons. The first kappa shape index (κ1) is 19.7. The van der Waals surface area contributed by atoms with Crippen molar-refractivity contribution in [1.82, 2.24) is 24.6 Å². The Labute approximate surface area is 176 Å². The third-order valence-corrected chi connectivity index (χ3v) is 7.43. The van der Waals surface area contributed by atoms with Crippen LogP contribution in [-0.2, 0) is 13.5 Å². The van der Waals surface area contributed by atoms with E-state index in [1.807, 2.05) is 17.9 Å². The molecular weight excluding hydrogens is 413 g/mol. The number of hydrogen-bond acceptors (Lipinski definition) is 6. The van der Waals surface area contributed by atoms with Gasteiger partial charge in [-0.15, -0.1) is 11.3 Å². The highest BCUT2D eigenvalue weighted by Crippen LogP contribution is 2.45. The molecule has 0 aliphatic carbocycles. The average Bonchev–Trinajstić information content (AvgIpc) is 3.35. The summed E-state index contributed by atoms with van der Waals surface area (Å²) in [6.45, 7) is 5.96. The van der Waals surface area contributed by atoms with E-state index in [9.17, 15) is 13.2 Å². The lowest BCUT2D eigenvalue weighted by atomic mass is 9.78. The van der Waals surface area contributed by atoms with Crippen LogP contribution >= 0.6 is 11.3 Å². The maximum Gasteiger partial charge on any atom is 0.393 e. The van der Waals surface area contributed by atoms with Gasteiger partial charge in [0.1, 0.15) is 17.0 Å². The molecule has 0 bridgehead atoms. The quantitative estimate of drug-likeness (QED) is 0.623. The number of likely N-dealkylation sites (tertiary alicyclic amines) is 1. The van der Waals surface area contributed by atoms with Crippen LogP contribution in [-0.4, -0.2) is 57.0 Å². The molecule has 0 saturated carbocycles. The first-order chi connectivity index (χ1) is 14.2. The van der Waals surface area contributed by atoms with E-state index in [-0.39, 0.29) is 10.3 Å². The number of nitrogens with zero attached hydrogens (tertiary/aromatic N) is 6. The van der Waals surface area contributed by atoms with Gasteiger partial charge in [-0.2, -0.15) is 18.3 Å². The molecule has 3 aromatic rings. The van der Waals surface area contributed by atoms with Crippen molar-refractivity contribution in [3.63, 3.8) is 0 Å². The molecule has 2 aliphatic rings. The molecular formula is C20H23F3N6S. The fraction of sp³-hybridized carbons (Fsp3) is 0.550. The summed E-state index contributed by atoms with van der Waals surface area (Å²) in [7, 11) is 1.97. The summed E-state index contributed by atoms with van der Waals surface area (Å²) < 4.78 is 40.3. The minimum absolute atomic E-state index is 0.217. The molecule has 0 amide bonds. The van der Waals surface area contributed by atoms with Crippen molar-refractivity contribution in [2.24, 2.45) is 12.5 Å². The van der Waals surface area contributed by atoms with Gasteiger partial charge in [-0.05, 0) is 25.5 Å². The standard InChI is InChI=1S/C20H23F3N6S/c1-13(16-3-5-26-27(16)2)29-10-19(11-29)4-6-28(9-19)17-15-7-14(8-20(21,22)23)30-18(15)25-12-24-17/h3,5,7,12-13H,4,6,8-11H2,1-2H3/t13-/m0/s1. The molecule has 1 spiro atoms. The SMILES string of the molecule is C[C@@H](c1ccnn1C)N1CC2(CCN(c3ncnc4sc(CC(F)(F)F)cc34)C2)C1. The van der Waals surface area contributed by atoms with Crippen molar-refractivity contribution < 1.29 is 13.2 Å². The topological polar surface area (TPSA) is 50.1 Å². The van der Waals surface area contributed by atoms with E-state index in [1.54, 1.807) is 6.07 Å². The molecule has 30 heavy (non-hydrogen) atoms. The zero-order valence-electron chi connectivity index (χ0n) is 16.9. The Bertz CT molecular complexity index is 1070. The highest BCUT2D eigenvalue weighted by atomic mass is 32.1. The lowest BCUT2D eigenvalue weighted by Gasteiger charge is -2.50. The molecule has 10 heteroatoms. The van der Waals surface area contributed by atoms with E-state index in [0.29, 0.717) is 10.9 Å². The summed E-state index contributed by atoms with van der Waals surface area (Å²) in [5.41, 5.74) is 1.42. The molecule has 5 heterocycles. The van der Waals surface area contributed by atoms with E-state index in [4.69, 9.17) is 0 Å². The lowest BCUT2D eigenvalue weighted by Crippen LogP contribution is -2.58. The van der Waals surface area contributed by atoms with Crippen LogP contribution in [0.1, 0.15) is 30.0 Å². The van der Waals surface area contributed by atoms with Crippen LogP contribution in [0.5, 0.6) is 0 Å². The largest absolute Gasteiger partial charge is 0.393 e. The summed E-state index contributed by atoms with van der Waals surface area (Å²) in [6.07, 6.45) is -0.780. The molecule has 0 N–H and O–H groups in total. The Hall–Kier alpha value is -2.20. The summed E-state index contributed by atoms with van der Waals surface area (Å²) >= 11 is 1.11. The Kier molecular flexibility index (Phi) is 4.55. The van der Waals surface area contributed by atoms with Crippen LogP contribution < -0.4 is 4.90 Å². The lowest BCUT2D eigenvalue weighted by molar-refractivity contribution is -0.126. The Morgan fingerprint density at radius 2 is 2.03 bits per heavy atom. The van der Waals surface area contributed by atoms with E-state index < -0.39 is 12.6 Å². The summed E-state index contributed by atoms with van der Waals surface area (Å²) in [5.74, 6) is 0.764. The second-order valence-corrected chi connectivity index (χ2v) is 9.67. The van der Waals surface area contributed by atoms with Gasteiger partial charge in [-0.3, -0.25) is 9.58 Å². The summed E-state index contributed by atoms with van der Waals surface area (Å²) in [4.78, 5) is 14.2. The number of halogens is 3. The Morgan fingerprint density at radius 1 is 1.23 bits per heavy atom. The van der Waals surface area contributed by atoms with Gasteiger partial charge in [0.15, 0.2) is 0 Å². The van der Waals surface area contributed by atoms with Crippen LogP contribution in [0.4, 0.5) is 19.0 Å². The van der Waals surface area contributed by atoms with E-state index in [1.165, 1.54) is 12.0 Å². The average molecular weight is 437 g/mol. The van der Waals surface area contributed by atoms with Gasteiger partial charge in [0.2, 0.25) is 0 Å². The van der Waals surface area contributed by atoms with Gasteiger partial charge < -0.3 is 4.90 Å². The van der Waals surface area contributed by atoms with Crippen molar-refractivity contribution >= 4 is 27.4 Å². The number of anilines is 1. The van der Waals surface area contributed by atoms with Crippen LogP contribution in [0.3, 0.4) is 0 Å². The van der Waals surface area contributed by atoms with Crippen LogP contribution in [0.25, 0.3) is 10.2 Å². The Morgan fingerprint density at radius 3 is 2.73 bits per heavy atom. The number of hydrogen-bond donors (Lipinski definition) is 0. The van der Waals surface area contributed by atoms with E-state index >= 15 is 0 Å². The highest BCUT2D eigenvalue weighted by Gasteiger charge is 2.49. The molecule has 2 saturated heterocycles. The first-order valence-corrected chi connectivity index (χ1v) is 10.8. The normalized spacial score (nSPS) is 20.2. The van der Waals surface area contributed by atoms with Crippen molar-refractivity contribution in [3.05, 3.63) is 35.2 Å². The second-order valence-electron chi connectivity index (χ2n) is 8.55. The smallest absolute Gasteiger partial charge is 0.355 e. The first-order valence-electron chi connectivity index (χ1n) is 10.0. The number of fused-ring (bicyclic) bond motifs is 1. The van der Waals surface area contributed by atoms with Gasteiger partial charge in [-0.25, -0.2) is 9.97 Å². The molecule has 3 aromatic heterocycles. The number of rotatable bonds is 4. The van der Waals surface area contributed by atoms with Crippen LogP contribution in [0.15, 0.2) is 24.7 Å². The molecule has 2 aliphatic heterocycles. The van der Waals surface area contributed by atoms with Gasteiger partial charge in [-0.1, -0.05) is 0 Å². The van der Waals surface area contributed by atoms with Crippen molar-refractivity contribution in [2.45, 2.75) is 32.0 Å². The highest BCUT2D eigenvalue weighted by molar-refractivity contribution is 7.18.